The Bertz CT molecular complexity index is 373. The smallest absolute Gasteiger partial charge is 0.145 e. The largest absolute Gasteiger partial charge is 0.352 e. The fourth-order valence-electron chi connectivity index (χ4n) is 3.40. The van der Waals surface area contributed by atoms with Crippen LogP contribution in [0.5, 0.6) is 0 Å². The van der Waals surface area contributed by atoms with Gasteiger partial charge in [-0.1, -0.05) is 39.2 Å². The summed E-state index contributed by atoms with van der Waals surface area (Å²) < 4.78 is 6.21. The van der Waals surface area contributed by atoms with Gasteiger partial charge in [0.25, 0.3) is 0 Å². The monoisotopic (exact) mass is 266 g/mol. The molecule has 2 nitrogen and oxygen atoms in total. The maximum atomic E-state index is 12.3. The summed E-state index contributed by atoms with van der Waals surface area (Å²) in [5.41, 5.74) is 0. The van der Waals surface area contributed by atoms with E-state index >= 15 is 0 Å². The van der Waals surface area contributed by atoms with Crippen LogP contribution in [-0.2, 0) is 9.53 Å². The normalized spacial score (nSPS) is 44.6. The second-order valence-electron chi connectivity index (χ2n) is 5.95. The molecule has 0 N–H and O–H groups in total. The van der Waals surface area contributed by atoms with Gasteiger partial charge in [-0.25, -0.2) is 0 Å². The van der Waals surface area contributed by atoms with Crippen LogP contribution in [0.4, 0.5) is 0 Å². The van der Waals surface area contributed by atoms with Gasteiger partial charge in [-0.3, -0.25) is 4.79 Å². The van der Waals surface area contributed by atoms with Crippen LogP contribution < -0.4 is 0 Å². The van der Waals surface area contributed by atoms with Crippen molar-refractivity contribution in [2.75, 3.05) is 0 Å². The fourth-order valence-corrected chi connectivity index (χ4v) is 5.14. The van der Waals surface area contributed by atoms with Gasteiger partial charge in [0.05, 0.1) is 12.0 Å². The van der Waals surface area contributed by atoms with Gasteiger partial charge in [0, 0.05) is 11.2 Å². The van der Waals surface area contributed by atoms with E-state index in [1.54, 1.807) is 0 Å². The van der Waals surface area contributed by atoms with E-state index in [1.165, 1.54) is 32.1 Å². The molecule has 0 aromatic heterocycles. The molecule has 2 fully saturated rings. The molecule has 0 unspecified atom stereocenters. The topological polar surface area (TPSA) is 26.3 Å². The van der Waals surface area contributed by atoms with Crippen LogP contribution in [-0.4, -0.2) is 22.1 Å². The van der Waals surface area contributed by atoms with Crippen LogP contribution in [0.3, 0.4) is 0 Å². The Morgan fingerprint density at radius 3 is 2.72 bits per heavy atom. The number of ketones is 1. The molecule has 0 radical (unpaired) electrons. The van der Waals surface area contributed by atoms with Crippen LogP contribution >= 0.6 is 11.8 Å². The number of carbonyl (C=O) groups excluding carboxylic acids is 1. The van der Waals surface area contributed by atoms with Gasteiger partial charge in [-0.05, 0) is 18.9 Å². The first-order chi connectivity index (χ1) is 8.62. The lowest BCUT2D eigenvalue weighted by molar-refractivity contribution is -0.146. The Hall–Kier alpha value is -0.280. The number of hydrogen-bond donors (Lipinski definition) is 0. The highest BCUT2D eigenvalue weighted by Crippen LogP contribution is 2.51. The van der Waals surface area contributed by atoms with Gasteiger partial charge < -0.3 is 4.74 Å². The number of Topliss-reactive ketones (excluding diaryl/α,β-unsaturated/α-hetero) is 1. The van der Waals surface area contributed by atoms with Crippen molar-refractivity contribution in [2.45, 2.75) is 62.2 Å². The summed E-state index contributed by atoms with van der Waals surface area (Å²) in [6.45, 7) is 4.04. The van der Waals surface area contributed by atoms with Gasteiger partial charge in [0.2, 0.25) is 0 Å². The van der Waals surface area contributed by atoms with E-state index in [0.29, 0.717) is 11.0 Å². The molecule has 4 atom stereocenters. The molecule has 0 aromatic rings. The summed E-state index contributed by atoms with van der Waals surface area (Å²) >= 11 is 1.91. The van der Waals surface area contributed by atoms with Crippen molar-refractivity contribution < 1.29 is 9.53 Å². The number of carbonyl (C=O) groups is 1. The standard InChI is InChI=1S/C15H22O2S/c1-10-13-8-9-15(17-13,11(2)14(10)16)18-12-6-4-3-5-7-12/h8-13H,3-7H2,1-2H3/t10-,11-,13+,15-/m0/s1. The van der Waals surface area contributed by atoms with Gasteiger partial charge in [-0.15, -0.1) is 11.8 Å². The third-order valence-corrected chi connectivity index (χ3v) is 6.47. The molecule has 1 saturated carbocycles. The SMILES string of the molecule is C[C@@H]1C(=O)[C@H](C)[C@@]2(SC3CCCCC3)C=C[C@H]1O2. The van der Waals surface area contributed by atoms with E-state index < -0.39 is 0 Å². The maximum Gasteiger partial charge on any atom is 0.145 e. The van der Waals surface area contributed by atoms with Gasteiger partial charge in [-0.2, -0.15) is 0 Å². The molecule has 2 aliphatic heterocycles. The second-order valence-corrected chi connectivity index (χ2v) is 7.49. The lowest BCUT2D eigenvalue weighted by Gasteiger charge is -2.42. The highest BCUT2D eigenvalue weighted by molar-refractivity contribution is 8.01. The molecule has 1 saturated heterocycles. The minimum absolute atomic E-state index is 0.00516. The Labute approximate surface area is 114 Å². The summed E-state index contributed by atoms with van der Waals surface area (Å²) in [4.78, 5) is 11.9. The van der Waals surface area contributed by atoms with Gasteiger partial charge >= 0.3 is 0 Å². The predicted molar refractivity (Wildman–Crippen MR) is 74.5 cm³/mol. The van der Waals surface area contributed by atoms with Crippen LogP contribution in [0, 0.1) is 11.8 Å². The number of thioether (sulfide) groups is 1. The first-order valence-electron chi connectivity index (χ1n) is 7.21. The second kappa shape index (κ2) is 4.68. The molecule has 100 valence electrons. The Morgan fingerprint density at radius 1 is 1.28 bits per heavy atom. The lowest BCUT2D eigenvalue weighted by Crippen LogP contribution is -2.49. The van der Waals surface area contributed by atoms with E-state index in [2.05, 4.69) is 12.2 Å². The third kappa shape index (κ3) is 1.96. The molecular formula is C15H22O2S. The minimum atomic E-state index is -0.351. The van der Waals surface area contributed by atoms with Gasteiger partial charge in [0.1, 0.15) is 10.7 Å². The van der Waals surface area contributed by atoms with E-state index in [-0.39, 0.29) is 22.9 Å². The van der Waals surface area contributed by atoms with Crippen molar-refractivity contribution in [3.05, 3.63) is 12.2 Å². The lowest BCUT2D eigenvalue weighted by atomic mass is 9.87. The highest BCUT2D eigenvalue weighted by atomic mass is 32.2. The fraction of sp³-hybridized carbons (Fsp3) is 0.800. The number of hydrogen-bond acceptors (Lipinski definition) is 3. The van der Waals surface area contributed by atoms with E-state index in [4.69, 9.17) is 4.74 Å². The molecule has 1 aliphatic carbocycles. The molecular weight excluding hydrogens is 244 g/mol. The maximum absolute atomic E-state index is 12.3. The highest BCUT2D eigenvalue weighted by Gasteiger charge is 2.53. The van der Waals surface area contributed by atoms with Gasteiger partial charge in [0.15, 0.2) is 0 Å². The zero-order chi connectivity index (χ0) is 12.8. The number of rotatable bonds is 2. The molecule has 2 bridgehead atoms. The number of ether oxygens (including phenoxy) is 1. The van der Waals surface area contributed by atoms with Crippen molar-refractivity contribution in [3.8, 4) is 0 Å². The van der Waals surface area contributed by atoms with Crippen molar-refractivity contribution in [1.82, 2.24) is 0 Å². The van der Waals surface area contributed by atoms with Crippen molar-refractivity contribution in [1.29, 1.82) is 0 Å². The summed E-state index contributed by atoms with van der Waals surface area (Å²) in [5.74, 6) is 0.396. The van der Waals surface area contributed by atoms with Crippen LogP contribution in [0.1, 0.15) is 46.0 Å². The molecule has 0 spiro atoms. The molecule has 18 heavy (non-hydrogen) atoms. The Morgan fingerprint density at radius 2 is 2.00 bits per heavy atom. The van der Waals surface area contributed by atoms with Crippen molar-refractivity contribution in [3.63, 3.8) is 0 Å². The minimum Gasteiger partial charge on any atom is -0.352 e. The summed E-state index contributed by atoms with van der Waals surface area (Å²) in [7, 11) is 0. The summed E-state index contributed by atoms with van der Waals surface area (Å²) in [5, 5.41) is 0.672. The first kappa shape index (κ1) is 12.7. The quantitative estimate of drug-likeness (QED) is 0.715. The van der Waals surface area contributed by atoms with E-state index in [1.807, 2.05) is 25.6 Å². The zero-order valence-corrected chi connectivity index (χ0v) is 12.0. The van der Waals surface area contributed by atoms with E-state index in [0.717, 1.165) is 0 Å². The molecule has 3 rings (SSSR count). The van der Waals surface area contributed by atoms with Crippen LogP contribution in [0.15, 0.2) is 12.2 Å². The molecule has 0 amide bonds. The van der Waals surface area contributed by atoms with E-state index in [9.17, 15) is 4.79 Å². The molecule has 3 heteroatoms. The number of fused-ring (bicyclic) bond motifs is 2. The van der Waals surface area contributed by atoms with Crippen LogP contribution in [0.25, 0.3) is 0 Å². The Balaban J connectivity index is 1.77. The molecule has 2 heterocycles. The average molecular weight is 266 g/mol. The zero-order valence-electron chi connectivity index (χ0n) is 11.2. The Kier molecular flexibility index (Phi) is 3.31. The molecule has 0 aromatic carbocycles. The summed E-state index contributed by atoms with van der Waals surface area (Å²) in [6.07, 6.45) is 10.9. The van der Waals surface area contributed by atoms with Crippen molar-refractivity contribution in [2.24, 2.45) is 11.8 Å². The average Bonchev–Trinajstić information content (AvgIpc) is 2.79. The van der Waals surface area contributed by atoms with Crippen LogP contribution in [0.2, 0.25) is 0 Å². The summed E-state index contributed by atoms with van der Waals surface area (Å²) in [6, 6.07) is 0. The molecule has 3 aliphatic rings. The predicted octanol–water partition coefficient (Wildman–Crippen LogP) is 3.56. The van der Waals surface area contributed by atoms with Crippen molar-refractivity contribution >= 4 is 17.5 Å². The third-order valence-electron chi connectivity index (χ3n) is 4.71. The first-order valence-corrected chi connectivity index (χ1v) is 8.09.